The Bertz CT molecular complexity index is 584. The fraction of sp³-hybridized carbons (Fsp3) is 0.286. The van der Waals surface area contributed by atoms with Crippen molar-refractivity contribution in [2.75, 3.05) is 0 Å². The summed E-state index contributed by atoms with van der Waals surface area (Å²) in [7, 11) is 0. The maximum atomic E-state index is 10.7. The van der Waals surface area contributed by atoms with E-state index in [-0.39, 0.29) is 5.76 Å². The number of carboxylic acids is 1. The minimum atomic E-state index is -1.09. The van der Waals surface area contributed by atoms with Crippen LogP contribution in [-0.2, 0) is 0 Å². The van der Waals surface area contributed by atoms with Gasteiger partial charge < -0.3 is 9.63 Å². The minimum absolute atomic E-state index is 0.126. The molecule has 0 atom stereocenters. The van der Waals surface area contributed by atoms with Crippen molar-refractivity contribution in [2.45, 2.75) is 25.2 Å². The topological polar surface area (TPSA) is 63.3 Å². The molecule has 0 spiro atoms. The highest BCUT2D eigenvalue weighted by atomic mass is 16.5. The number of aromatic carboxylic acids is 1. The second kappa shape index (κ2) is 4.29. The minimum Gasteiger partial charge on any atom is -0.475 e. The van der Waals surface area contributed by atoms with E-state index in [0.29, 0.717) is 11.6 Å². The van der Waals surface area contributed by atoms with Gasteiger partial charge in [0.25, 0.3) is 0 Å². The molecular weight excluding hydrogens is 230 g/mol. The molecule has 18 heavy (non-hydrogen) atoms. The third-order valence-corrected chi connectivity index (χ3v) is 3.48. The van der Waals surface area contributed by atoms with Gasteiger partial charge in [-0.15, -0.1) is 0 Å². The van der Waals surface area contributed by atoms with E-state index in [4.69, 9.17) is 9.63 Å². The van der Waals surface area contributed by atoms with E-state index in [1.807, 2.05) is 12.1 Å². The Labute approximate surface area is 104 Å². The van der Waals surface area contributed by atoms with Crippen molar-refractivity contribution in [3.63, 3.8) is 0 Å². The molecular formula is C14H13NO3. The van der Waals surface area contributed by atoms with Crippen LogP contribution in [0.2, 0.25) is 0 Å². The SMILES string of the molecule is O=C(O)c1cc(-c2cccc(C3CCC3)c2)no1. The van der Waals surface area contributed by atoms with E-state index in [0.717, 1.165) is 5.56 Å². The van der Waals surface area contributed by atoms with Crippen LogP contribution in [0, 0.1) is 0 Å². The molecule has 0 unspecified atom stereocenters. The van der Waals surface area contributed by atoms with Gasteiger partial charge in [-0.3, -0.25) is 0 Å². The second-order valence-corrected chi connectivity index (χ2v) is 4.63. The van der Waals surface area contributed by atoms with Gasteiger partial charge >= 0.3 is 5.97 Å². The summed E-state index contributed by atoms with van der Waals surface area (Å²) in [6.07, 6.45) is 3.77. The molecule has 92 valence electrons. The fourth-order valence-corrected chi connectivity index (χ4v) is 2.21. The van der Waals surface area contributed by atoms with Crippen molar-refractivity contribution < 1.29 is 14.4 Å². The molecule has 0 bridgehead atoms. The number of carboxylic acid groups (broad SMARTS) is 1. The van der Waals surface area contributed by atoms with Crippen LogP contribution in [0.15, 0.2) is 34.9 Å². The molecule has 4 heteroatoms. The van der Waals surface area contributed by atoms with Gasteiger partial charge in [0.1, 0.15) is 5.69 Å². The smallest absolute Gasteiger partial charge is 0.374 e. The average molecular weight is 243 g/mol. The molecule has 1 aliphatic rings. The lowest BCUT2D eigenvalue weighted by Gasteiger charge is -2.25. The van der Waals surface area contributed by atoms with E-state index < -0.39 is 5.97 Å². The molecule has 0 aliphatic heterocycles. The second-order valence-electron chi connectivity index (χ2n) is 4.63. The normalized spacial score (nSPS) is 15.3. The van der Waals surface area contributed by atoms with Crippen LogP contribution >= 0.6 is 0 Å². The molecule has 1 saturated carbocycles. The highest BCUT2D eigenvalue weighted by Gasteiger charge is 2.20. The number of rotatable bonds is 3. The molecule has 2 aromatic rings. The van der Waals surface area contributed by atoms with E-state index in [1.165, 1.54) is 30.9 Å². The average Bonchev–Trinajstić information content (AvgIpc) is 2.76. The summed E-state index contributed by atoms with van der Waals surface area (Å²) in [6, 6.07) is 9.56. The Balaban J connectivity index is 1.92. The first-order chi connectivity index (χ1) is 8.74. The van der Waals surface area contributed by atoms with Gasteiger partial charge in [-0.1, -0.05) is 29.8 Å². The molecule has 1 heterocycles. The van der Waals surface area contributed by atoms with Crippen molar-refractivity contribution in [1.82, 2.24) is 5.16 Å². The van der Waals surface area contributed by atoms with E-state index in [2.05, 4.69) is 17.3 Å². The summed E-state index contributed by atoms with van der Waals surface area (Å²) in [5.41, 5.74) is 2.79. The zero-order valence-corrected chi connectivity index (χ0v) is 9.80. The van der Waals surface area contributed by atoms with Crippen LogP contribution in [0.25, 0.3) is 11.3 Å². The number of hydrogen-bond donors (Lipinski definition) is 1. The van der Waals surface area contributed by atoms with Gasteiger partial charge in [-0.25, -0.2) is 4.79 Å². The van der Waals surface area contributed by atoms with Crippen molar-refractivity contribution >= 4 is 5.97 Å². The van der Waals surface area contributed by atoms with E-state index in [1.54, 1.807) is 0 Å². The Morgan fingerprint density at radius 2 is 2.17 bits per heavy atom. The summed E-state index contributed by atoms with van der Waals surface area (Å²) in [5, 5.41) is 12.6. The summed E-state index contributed by atoms with van der Waals surface area (Å²) >= 11 is 0. The van der Waals surface area contributed by atoms with Gasteiger partial charge in [0, 0.05) is 11.6 Å². The molecule has 1 aromatic carbocycles. The standard InChI is InChI=1S/C14H13NO3/c16-14(17)13-8-12(15-18-13)11-6-2-5-10(7-11)9-3-1-4-9/h2,5-9H,1,3-4H2,(H,16,17). The number of nitrogens with zero attached hydrogens (tertiary/aromatic N) is 1. The molecule has 1 fully saturated rings. The molecule has 1 aromatic heterocycles. The maximum Gasteiger partial charge on any atom is 0.374 e. The summed E-state index contributed by atoms with van der Waals surface area (Å²) < 4.78 is 4.77. The Hall–Kier alpha value is -2.10. The monoisotopic (exact) mass is 243 g/mol. The quantitative estimate of drug-likeness (QED) is 0.898. The maximum absolute atomic E-state index is 10.7. The Morgan fingerprint density at radius 1 is 1.33 bits per heavy atom. The molecule has 0 amide bonds. The number of benzene rings is 1. The Morgan fingerprint density at radius 3 is 2.78 bits per heavy atom. The number of hydrogen-bond acceptors (Lipinski definition) is 3. The van der Waals surface area contributed by atoms with Gasteiger partial charge in [0.15, 0.2) is 0 Å². The van der Waals surface area contributed by atoms with Crippen LogP contribution < -0.4 is 0 Å². The third-order valence-electron chi connectivity index (χ3n) is 3.48. The van der Waals surface area contributed by atoms with Crippen LogP contribution in [0.5, 0.6) is 0 Å². The van der Waals surface area contributed by atoms with Crippen molar-refractivity contribution in [3.05, 3.63) is 41.7 Å². The molecule has 1 aliphatic carbocycles. The highest BCUT2D eigenvalue weighted by molar-refractivity contribution is 5.85. The third kappa shape index (κ3) is 1.90. The van der Waals surface area contributed by atoms with Crippen LogP contribution in [0.3, 0.4) is 0 Å². The van der Waals surface area contributed by atoms with Gasteiger partial charge in [0.2, 0.25) is 5.76 Å². The first kappa shape index (κ1) is 11.0. The Kier molecular flexibility index (Phi) is 2.63. The predicted octanol–water partition coefficient (Wildman–Crippen LogP) is 3.31. The van der Waals surface area contributed by atoms with Crippen LogP contribution in [0.1, 0.15) is 41.3 Å². The number of carbonyl (C=O) groups is 1. The van der Waals surface area contributed by atoms with Crippen LogP contribution in [0.4, 0.5) is 0 Å². The van der Waals surface area contributed by atoms with E-state index >= 15 is 0 Å². The lowest BCUT2D eigenvalue weighted by atomic mass is 9.79. The molecule has 3 rings (SSSR count). The molecule has 0 saturated heterocycles. The van der Waals surface area contributed by atoms with E-state index in [9.17, 15) is 4.79 Å². The highest BCUT2D eigenvalue weighted by Crippen LogP contribution is 2.37. The lowest BCUT2D eigenvalue weighted by Crippen LogP contribution is -2.08. The van der Waals surface area contributed by atoms with Crippen molar-refractivity contribution in [3.8, 4) is 11.3 Å². The summed E-state index contributed by atoms with van der Waals surface area (Å²) in [5.74, 6) is -0.571. The zero-order chi connectivity index (χ0) is 12.5. The van der Waals surface area contributed by atoms with Gasteiger partial charge in [0.05, 0.1) is 0 Å². The predicted molar refractivity (Wildman–Crippen MR) is 65.5 cm³/mol. The molecule has 1 N–H and O–H groups in total. The molecule has 4 nitrogen and oxygen atoms in total. The van der Waals surface area contributed by atoms with Crippen LogP contribution in [-0.4, -0.2) is 16.2 Å². The van der Waals surface area contributed by atoms with Gasteiger partial charge in [-0.05, 0) is 30.4 Å². The lowest BCUT2D eigenvalue weighted by molar-refractivity contribution is 0.0652. The van der Waals surface area contributed by atoms with Crippen molar-refractivity contribution in [1.29, 1.82) is 0 Å². The summed E-state index contributed by atoms with van der Waals surface area (Å²) in [6.45, 7) is 0. The largest absolute Gasteiger partial charge is 0.475 e. The molecule has 0 radical (unpaired) electrons. The first-order valence-electron chi connectivity index (χ1n) is 6.04. The number of aromatic nitrogens is 1. The van der Waals surface area contributed by atoms with Crippen molar-refractivity contribution in [2.24, 2.45) is 0 Å². The first-order valence-corrected chi connectivity index (χ1v) is 6.04. The fourth-order valence-electron chi connectivity index (χ4n) is 2.21. The van der Waals surface area contributed by atoms with Gasteiger partial charge in [-0.2, -0.15) is 0 Å². The zero-order valence-electron chi connectivity index (χ0n) is 9.80. The summed E-state index contributed by atoms with van der Waals surface area (Å²) in [4.78, 5) is 10.7.